The fourth-order valence-electron chi connectivity index (χ4n) is 2.08. The van der Waals surface area contributed by atoms with E-state index in [-0.39, 0.29) is 12.5 Å². The van der Waals surface area contributed by atoms with Crippen LogP contribution >= 0.6 is 0 Å². The van der Waals surface area contributed by atoms with E-state index in [9.17, 15) is 14.7 Å². The summed E-state index contributed by atoms with van der Waals surface area (Å²) < 4.78 is 4.47. The van der Waals surface area contributed by atoms with Crippen molar-refractivity contribution in [2.45, 2.75) is 33.3 Å². The van der Waals surface area contributed by atoms with Crippen LogP contribution in [0.3, 0.4) is 0 Å². The average Bonchev–Trinajstić information content (AvgIpc) is 2.15. The largest absolute Gasteiger partial charge is 0.417 e. The monoisotopic (exact) mass is 229 g/mol. The maximum absolute atomic E-state index is 11.4. The molecule has 0 radical (unpaired) electrons. The summed E-state index contributed by atoms with van der Waals surface area (Å²) in [6.45, 7) is 6.07. The van der Waals surface area contributed by atoms with E-state index in [0.29, 0.717) is 12.5 Å². The molecule has 1 aliphatic rings. The predicted octanol–water partition coefficient (Wildman–Crippen LogP) is 1.01. The zero-order valence-electron chi connectivity index (χ0n) is 9.97. The van der Waals surface area contributed by atoms with Gasteiger partial charge in [0.25, 0.3) is 0 Å². The van der Waals surface area contributed by atoms with E-state index in [1.807, 2.05) is 0 Å². The number of amides is 1. The molecule has 1 aliphatic heterocycles. The lowest BCUT2D eigenvalue weighted by Crippen LogP contribution is -2.48. The Morgan fingerprint density at radius 2 is 2.06 bits per heavy atom. The number of carbonyl (C=O) groups excluding carboxylic acids is 2. The van der Waals surface area contributed by atoms with E-state index in [1.165, 1.54) is 11.8 Å². The van der Waals surface area contributed by atoms with Gasteiger partial charge in [-0.1, -0.05) is 13.8 Å². The summed E-state index contributed by atoms with van der Waals surface area (Å²) in [5.74, 6) is -0.0205. The first kappa shape index (κ1) is 13.0. The summed E-state index contributed by atoms with van der Waals surface area (Å²) >= 11 is 0. The Morgan fingerprint density at radius 1 is 1.44 bits per heavy atom. The van der Waals surface area contributed by atoms with Crippen molar-refractivity contribution in [3.05, 3.63) is 0 Å². The first-order valence-electron chi connectivity index (χ1n) is 5.57. The number of ether oxygens (including phenoxy) is 1. The van der Waals surface area contributed by atoms with Crippen LogP contribution in [0.2, 0.25) is 0 Å². The van der Waals surface area contributed by atoms with Gasteiger partial charge in [-0.25, -0.2) is 4.79 Å². The summed E-state index contributed by atoms with van der Waals surface area (Å²) in [6, 6.07) is 0. The highest BCUT2D eigenvalue weighted by molar-refractivity contribution is 5.83. The second-order valence-corrected chi connectivity index (χ2v) is 4.57. The van der Waals surface area contributed by atoms with Crippen LogP contribution < -0.4 is 0 Å². The Labute approximate surface area is 95.4 Å². The maximum atomic E-state index is 11.4. The number of hydrogen-bond acceptors (Lipinski definition) is 4. The highest BCUT2D eigenvalue weighted by Crippen LogP contribution is 2.25. The SMILES string of the molecule is CC(=O)OC(=O)N1CC[C@H](C(C)C)[C@H](O)C1. The lowest BCUT2D eigenvalue weighted by molar-refractivity contribution is -0.136. The minimum atomic E-state index is -0.659. The lowest BCUT2D eigenvalue weighted by Gasteiger charge is -2.36. The molecule has 0 aromatic carbocycles. The standard InChI is InChI=1S/C11H19NO4/c1-7(2)9-4-5-12(6-10(9)14)11(15)16-8(3)13/h7,9-10,14H,4-6H2,1-3H3/t9-,10-/m1/s1. The lowest BCUT2D eigenvalue weighted by atomic mass is 9.84. The second-order valence-electron chi connectivity index (χ2n) is 4.57. The van der Waals surface area contributed by atoms with Crippen LogP contribution in [-0.2, 0) is 9.53 Å². The van der Waals surface area contributed by atoms with E-state index in [1.54, 1.807) is 0 Å². The zero-order chi connectivity index (χ0) is 12.3. The molecule has 2 atom stereocenters. The van der Waals surface area contributed by atoms with Gasteiger partial charge in [-0.15, -0.1) is 0 Å². The van der Waals surface area contributed by atoms with Gasteiger partial charge in [0.15, 0.2) is 0 Å². The molecule has 0 spiro atoms. The minimum Gasteiger partial charge on any atom is -0.391 e. The van der Waals surface area contributed by atoms with Crippen molar-refractivity contribution in [1.29, 1.82) is 0 Å². The van der Waals surface area contributed by atoms with Crippen LogP contribution in [0.5, 0.6) is 0 Å². The van der Waals surface area contributed by atoms with Crippen LogP contribution in [0, 0.1) is 11.8 Å². The maximum Gasteiger partial charge on any atom is 0.417 e. The number of aliphatic hydroxyl groups excluding tert-OH is 1. The topological polar surface area (TPSA) is 66.8 Å². The summed E-state index contributed by atoms with van der Waals surface area (Å²) in [4.78, 5) is 23.4. The van der Waals surface area contributed by atoms with Crippen LogP contribution in [0.25, 0.3) is 0 Å². The van der Waals surface area contributed by atoms with Crippen molar-refractivity contribution in [3.63, 3.8) is 0 Å². The highest BCUT2D eigenvalue weighted by atomic mass is 16.6. The molecular formula is C11H19NO4. The molecule has 1 amide bonds. The third-order valence-electron chi connectivity index (χ3n) is 2.98. The molecule has 1 saturated heterocycles. The third-order valence-corrected chi connectivity index (χ3v) is 2.98. The van der Waals surface area contributed by atoms with Crippen molar-refractivity contribution in [2.24, 2.45) is 11.8 Å². The Morgan fingerprint density at radius 3 is 2.50 bits per heavy atom. The van der Waals surface area contributed by atoms with Gasteiger partial charge in [-0.3, -0.25) is 4.79 Å². The van der Waals surface area contributed by atoms with Gasteiger partial charge < -0.3 is 14.7 Å². The molecule has 1 N–H and O–H groups in total. The van der Waals surface area contributed by atoms with E-state index in [4.69, 9.17) is 0 Å². The molecule has 92 valence electrons. The first-order chi connectivity index (χ1) is 7.41. The van der Waals surface area contributed by atoms with E-state index >= 15 is 0 Å². The molecule has 0 unspecified atom stereocenters. The van der Waals surface area contributed by atoms with Crippen molar-refractivity contribution in [2.75, 3.05) is 13.1 Å². The number of esters is 1. The number of piperidine rings is 1. The fraction of sp³-hybridized carbons (Fsp3) is 0.818. The number of rotatable bonds is 1. The number of β-amino-alcohol motifs (C(OH)–C–C–N with tert-alkyl or cyclic N) is 1. The fourth-order valence-corrected chi connectivity index (χ4v) is 2.08. The van der Waals surface area contributed by atoms with E-state index in [0.717, 1.165) is 6.42 Å². The van der Waals surface area contributed by atoms with Gasteiger partial charge in [0, 0.05) is 13.5 Å². The van der Waals surface area contributed by atoms with Crippen LogP contribution in [-0.4, -0.2) is 41.3 Å². The van der Waals surface area contributed by atoms with Crippen molar-refractivity contribution in [3.8, 4) is 0 Å². The number of carbonyl (C=O) groups is 2. The average molecular weight is 229 g/mol. The predicted molar refractivity (Wildman–Crippen MR) is 57.7 cm³/mol. The number of likely N-dealkylation sites (tertiary alicyclic amines) is 1. The van der Waals surface area contributed by atoms with Gasteiger partial charge >= 0.3 is 12.1 Å². The molecule has 0 aromatic heterocycles. The quantitative estimate of drug-likeness (QED) is 0.538. The van der Waals surface area contributed by atoms with Gasteiger partial charge in [-0.05, 0) is 18.3 Å². The molecule has 1 rings (SSSR count). The molecule has 0 aromatic rings. The molecule has 5 nitrogen and oxygen atoms in total. The van der Waals surface area contributed by atoms with Crippen LogP contribution in [0.15, 0.2) is 0 Å². The molecular weight excluding hydrogens is 210 g/mol. The molecule has 0 saturated carbocycles. The number of nitrogens with zero attached hydrogens (tertiary/aromatic N) is 1. The second kappa shape index (κ2) is 5.30. The van der Waals surface area contributed by atoms with Crippen molar-refractivity contribution >= 4 is 12.1 Å². The zero-order valence-corrected chi connectivity index (χ0v) is 9.97. The van der Waals surface area contributed by atoms with Crippen molar-refractivity contribution < 1.29 is 19.4 Å². The van der Waals surface area contributed by atoms with Crippen LogP contribution in [0.1, 0.15) is 27.2 Å². The van der Waals surface area contributed by atoms with Gasteiger partial charge in [0.05, 0.1) is 12.6 Å². The molecule has 16 heavy (non-hydrogen) atoms. The highest BCUT2D eigenvalue weighted by Gasteiger charge is 2.32. The van der Waals surface area contributed by atoms with E-state index in [2.05, 4.69) is 18.6 Å². The third kappa shape index (κ3) is 3.20. The van der Waals surface area contributed by atoms with Crippen molar-refractivity contribution in [1.82, 2.24) is 4.90 Å². The smallest absolute Gasteiger partial charge is 0.391 e. The molecule has 1 fully saturated rings. The van der Waals surface area contributed by atoms with Gasteiger partial charge in [-0.2, -0.15) is 0 Å². The number of aliphatic hydroxyl groups is 1. The van der Waals surface area contributed by atoms with Gasteiger partial charge in [0.2, 0.25) is 0 Å². The summed E-state index contributed by atoms with van der Waals surface area (Å²) in [5.41, 5.74) is 0. The van der Waals surface area contributed by atoms with Gasteiger partial charge in [0.1, 0.15) is 0 Å². The minimum absolute atomic E-state index is 0.210. The summed E-state index contributed by atoms with van der Waals surface area (Å²) in [7, 11) is 0. The molecule has 0 aliphatic carbocycles. The Hall–Kier alpha value is -1.10. The molecule has 5 heteroatoms. The summed E-state index contributed by atoms with van der Waals surface area (Å²) in [6.07, 6.45) is -0.451. The van der Waals surface area contributed by atoms with E-state index < -0.39 is 18.2 Å². The Balaban J connectivity index is 2.51. The summed E-state index contributed by atoms with van der Waals surface area (Å²) in [5, 5.41) is 9.86. The molecule has 1 heterocycles. The number of hydrogen-bond donors (Lipinski definition) is 1. The molecule has 0 bridgehead atoms. The first-order valence-corrected chi connectivity index (χ1v) is 5.57. The Bertz CT molecular complexity index is 277. The normalized spacial score (nSPS) is 25.7. The van der Waals surface area contributed by atoms with Crippen LogP contribution in [0.4, 0.5) is 4.79 Å². The Kier molecular flexibility index (Phi) is 4.29.